The van der Waals surface area contributed by atoms with Gasteiger partial charge >= 0.3 is 0 Å². The second-order valence-electron chi connectivity index (χ2n) is 4.59. The Hall–Kier alpha value is -0.630. The monoisotopic (exact) mass is 397 g/mol. The first-order valence-corrected chi connectivity index (χ1v) is 9.28. The van der Waals surface area contributed by atoms with Gasteiger partial charge in [-0.3, -0.25) is 4.79 Å². The molecule has 0 radical (unpaired) electrons. The number of carbonyl (C=O) groups is 1. The molecule has 1 amide bonds. The fourth-order valence-corrected chi connectivity index (χ4v) is 3.72. The number of rotatable bonds is 6. The van der Waals surface area contributed by atoms with Gasteiger partial charge < -0.3 is 9.64 Å². The van der Waals surface area contributed by atoms with Crippen LogP contribution in [-0.4, -0.2) is 46.5 Å². The molecular formula is C13H17BrClNO4S. The van der Waals surface area contributed by atoms with E-state index < -0.39 is 9.05 Å². The number of nitrogens with zero attached hydrogens (tertiary/aromatic N) is 1. The maximum Gasteiger partial charge on any atom is 0.261 e. The van der Waals surface area contributed by atoms with Crippen LogP contribution in [0, 0.1) is 6.92 Å². The quantitative estimate of drug-likeness (QED) is 0.546. The number of carbonyl (C=O) groups excluding carboxylic acids is 1. The Balaban J connectivity index is 3.13. The highest BCUT2D eigenvalue weighted by atomic mass is 79.9. The Morgan fingerprint density at radius 3 is 2.57 bits per heavy atom. The molecule has 0 bridgehead atoms. The molecule has 0 N–H and O–H groups in total. The zero-order valence-corrected chi connectivity index (χ0v) is 15.2. The Morgan fingerprint density at radius 1 is 1.43 bits per heavy atom. The topological polar surface area (TPSA) is 63.7 Å². The number of hydrogen-bond donors (Lipinski definition) is 0. The van der Waals surface area contributed by atoms with Gasteiger partial charge in [-0.25, -0.2) is 8.42 Å². The first-order valence-electron chi connectivity index (χ1n) is 6.17. The summed E-state index contributed by atoms with van der Waals surface area (Å²) in [5.74, 6) is -0.258. The van der Waals surface area contributed by atoms with Gasteiger partial charge in [-0.2, -0.15) is 0 Å². The Kier molecular flexibility index (Phi) is 6.65. The van der Waals surface area contributed by atoms with E-state index >= 15 is 0 Å². The summed E-state index contributed by atoms with van der Waals surface area (Å²) < 4.78 is 28.6. The summed E-state index contributed by atoms with van der Waals surface area (Å²) in [5, 5.41) is 0. The summed E-state index contributed by atoms with van der Waals surface area (Å²) in [5.41, 5.74) is 0.653. The summed E-state index contributed by atoms with van der Waals surface area (Å²) in [6.45, 7) is 2.63. The molecule has 1 aromatic rings. The van der Waals surface area contributed by atoms with Gasteiger partial charge in [0.25, 0.3) is 15.0 Å². The van der Waals surface area contributed by atoms with Gasteiger partial charge in [0.05, 0.1) is 4.90 Å². The van der Waals surface area contributed by atoms with Crippen molar-refractivity contribution in [2.75, 3.05) is 27.3 Å². The second kappa shape index (κ2) is 7.58. The van der Waals surface area contributed by atoms with Crippen LogP contribution in [0.3, 0.4) is 0 Å². The van der Waals surface area contributed by atoms with Crippen molar-refractivity contribution in [3.05, 3.63) is 27.7 Å². The minimum Gasteiger partial charge on any atom is -0.385 e. The molecule has 21 heavy (non-hydrogen) atoms. The number of amides is 1. The third kappa shape index (κ3) is 4.95. The number of halogens is 2. The van der Waals surface area contributed by atoms with Gasteiger partial charge in [-0.05, 0) is 31.0 Å². The van der Waals surface area contributed by atoms with Crippen LogP contribution >= 0.6 is 26.6 Å². The van der Waals surface area contributed by atoms with Crippen LogP contribution in [0.4, 0.5) is 0 Å². The fraction of sp³-hybridized carbons (Fsp3) is 0.462. The Morgan fingerprint density at radius 2 is 2.05 bits per heavy atom. The third-order valence-corrected chi connectivity index (χ3v) is 4.91. The average Bonchev–Trinajstić information content (AvgIpc) is 2.39. The molecule has 0 aliphatic rings. The zero-order valence-electron chi connectivity index (χ0n) is 12.0. The lowest BCUT2D eigenvalue weighted by molar-refractivity contribution is 0.0778. The maximum atomic E-state index is 12.4. The molecule has 0 saturated carbocycles. The van der Waals surface area contributed by atoms with Crippen molar-refractivity contribution < 1.29 is 17.9 Å². The molecule has 0 spiro atoms. The summed E-state index contributed by atoms with van der Waals surface area (Å²) in [6, 6.07) is 2.98. The molecular weight excluding hydrogens is 382 g/mol. The number of hydrogen-bond acceptors (Lipinski definition) is 4. The van der Waals surface area contributed by atoms with Gasteiger partial charge in [0, 0.05) is 48.0 Å². The van der Waals surface area contributed by atoms with E-state index in [1.807, 2.05) is 0 Å². The van der Waals surface area contributed by atoms with Crippen LogP contribution in [0.5, 0.6) is 0 Å². The highest BCUT2D eigenvalue weighted by molar-refractivity contribution is 9.10. The molecule has 0 unspecified atom stereocenters. The summed E-state index contributed by atoms with van der Waals surface area (Å²) in [6.07, 6.45) is 0.701. The van der Waals surface area contributed by atoms with E-state index in [9.17, 15) is 13.2 Å². The SMILES string of the molecule is COCCCN(C)C(=O)c1cc(Br)cc(S(=O)(=O)Cl)c1C. The molecule has 0 aliphatic heterocycles. The lowest BCUT2D eigenvalue weighted by atomic mass is 10.1. The van der Waals surface area contributed by atoms with Crippen molar-refractivity contribution in [3.8, 4) is 0 Å². The molecule has 0 aromatic heterocycles. The largest absolute Gasteiger partial charge is 0.385 e. The van der Waals surface area contributed by atoms with Crippen molar-refractivity contribution >= 4 is 41.6 Å². The number of methoxy groups -OCH3 is 1. The van der Waals surface area contributed by atoms with Crippen molar-refractivity contribution in [3.63, 3.8) is 0 Å². The van der Waals surface area contributed by atoms with Gasteiger partial charge in [0.1, 0.15) is 0 Å². The Labute approximate surface area is 137 Å². The first kappa shape index (κ1) is 18.4. The molecule has 0 aliphatic carbocycles. The standard InChI is InChI=1S/C13H17BrClNO4S/c1-9-11(13(17)16(2)5-4-6-20-3)7-10(14)8-12(9)21(15,18)19/h7-8H,4-6H2,1-3H3. The van der Waals surface area contributed by atoms with Gasteiger partial charge in [0.15, 0.2) is 0 Å². The third-order valence-electron chi connectivity index (χ3n) is 3.01. The maximum absolute atomic E-state index is 12.4. The molecule has 1 rings (SSSR count). The normalized spacial score (nSPS) is 11.5. The van der Waals surface area contributed by atoms with E-state index in [0.29, 0.717) is 35.2 Å². The highest BCUT2D eigenvalue weighted by Crippen LogP contribution is 2.27. The van der Waals surface area contributed by atoms with E-state index in [1.165, 1.54) is 11.0 Å². The summed E-state index contributed by atoms with van der Waals surface area (Å²) in [7, 11) is 4.75. The second-order valence-corrected chi connectivity index (χ2v) is 8.04. The van der Waals surface area contributed by atoms with Crippen molar-refractivity contribution in [1.29, 1.82) is 0 Å². The molecule has 0 heterocycles. The lowest BCUT2D eigenvalue weighted by Crippen LogP contribution is -2.29. The summed E-state index contributed by atoms with van der Waals surface area (Å²) in [4.78, 5) is 13.9. The molecule has 0 fully saturated rings. The fourth-order valence-electron chi connectivity index (χ4n) is 1.88. The zero-order chi connectivity index (χ0) is 16.2. The molecule has 0 atom stereocenters. The van der Waals surface area contributed by atoms with Crippen molar-refractivity contribution in [2.45, 2.75) is 18.2 Å². The lowest BCUT2D eigenvalue weighted by Gasteiger charge is -2.19. The molecule has 118 valence electrons. The smallest absolute Gasteiger partial charge is 0.261 e. The van der Waals surface area contributed by atoms with Crippen molar-refractivity contribution in [1.82, 2.24) is 4.90 Å². The Bertz CT molecular complexity index is 633. The van der Waals surface area contributed by atoms with Crippen LogP contribution in [0.25, 0.3) is 0 Å². The molecule has 5 nitrogen and oxygen atoms in total. The molecule has 8 heteroatoms. The molecule has 0 saturated heterocycles. The van der Waals surface area contributed by atoms with Crippen molar-refractivity contribution in [2.24, 2.45) is 0 Å². The minimum atomic E-state index is -3.91. The van der Waals surface area contributed by atoms with Crippen LogP contribution in [0.1, 0.15) is 22.3 Å². The highest BCUT2D eigenvalue weighted by Gasteiger charge is 2.22. The van der Waals surface area contributed by atoms with Crippen LogP contribution < -0.4 is 0 Å². The van der Waals surface area contributed by atoms with Gasteiger partial charge in [-0.15, -0.1) is 0 Å². The number of ether oxygens (including phenoxy) is 1. The van der Waals surface area contributed by atoms with Crippen LogP contribution in [-0.2, 0) is 13.8 Å². The van der Waals surface area contributed by atoms with E-state index in [-0.39, 0.29) is 10.8 Å². The average molecular weight is 399 g/mol. The first-order chi connectivity index (χ1) is 9.68. The van der Waals surface area contributed by atoms with Crippen LogP contribution in [0.15, 0.2) is 21.5 Å². The minimum absolute atomic E-state index is 0.0628. The van der Waals surface area contributed by atoms with Gasteiger partial charge in [0.2, 0.25) is 0 Å². The van der Waals surface area contributed by atoms with E-state index in [2.05, 4.69) is 15.9 Å². The van der Waals surface area contributed by atoms with E-state index in [4.69, 9.17) is 15.4 Å². The predicted octanol–water partition coefficient (Wildman–Crippen LogP) is 2.79. The predicted molar refractivity (Wildman–Crippen MR) is 85.4 cm³/mol. The van der Waals surface area contributed by atoms with E-state index in [0.717, 1.165) is 0 Å². The van der Waals surface area contributed by atoms with E-state index in [1.54, 1.807) is 27.1 Å². The van der Waals surface area contributed by atoms with Crippen LogP contribution in [0.2, 0.25) is 0 Å². The molecule has 1 aromatic carbocycles. The number of benzene rings is 1. The van der Waals surface area contributed by atoms with Gasteiger partial charge in [-0.1, -0.05) is 15.9 Å². The summed E-state index contributed by atoms with van der Waals surface area (Å²) >= 11 is 3.21.